The minimum atomic E-state index is -0.0984. The second-order valence-electron chi connectivity index (χ2n) is 5.67. The summed E-state index contributed by atoms with van der Waals surface area (Å²) in [5.41, 5.74) is 7.43. The van der Waals surface area contributed by atoms with E-state index in [1.54, 1.807) is 0 Å². The topological polar surface area (TPSA) is 106 Å². The molecule has 0 unspecified atom stereocenters. The van der Waals surface area contributed by atoms with Gasteiger partial charge in [0.15, 0.2) is 11.6 Å². The molecule has 0 fully saturated rings. The zero-order valence-electron chi connectivity index (χ0n) is 14.2. The minimum Gasteiger partial charge on any atom is -0.482 e. The van der Waals surface area contributed by atoms with Crippen LogP contribution >= 0.6 is 0 Å². The van der Waals surface area contributed by atoms with Crippen LogP contribution in [0.1, 0.15) is 37.6 Å². The second kappa shape index (κ2) is 9.02. The first-order chi connectivity index (χ1) is 11.6. The number of hydrogen-bond donors (Lipinski definition) is 3. The minimum absolute atomic E-state index is 0.0166. The van der Waals surface area contributed by atoms with Crippen LogP contribution in [-0.2, 0) is 6.61 Å². The van der Waals surface area contributed by atoms with Crippen molar-refractivity contribution in [2.24, 2.45) is 0 Å². The van der Waals surface area contributed by atoms with Gasteiger partial charge in [-0.1, -0.05) is 25.8 Å². The largest absolute Gasteiger partial charge is 0.482 e. The van der Waals surface area contributed by atoms with Crippen molar-refractivity contribution in [1.82, 2.24) is 15.0 Å². The first kappa shape index (κ1) is 17.9. The molecule has 130 valence electrons. The van der Waals surface area contributed by atoms with E-state index in [1.807, 2.05) is 25.1 Å². The molecule has 0 aliphatic rings. The van der Waals surface area contributed by atoms with Crippen LogP contribution < -0.4 is 15.8 Å². The Morgan fingerprint density at radius 3 is 2.88 bits per heavy atom. The number of ether oxygens (including phenoxy) is 1. The summed E-state index contributed by atoms with van der Waals surface area (Å²) in [7, 11) is 0. The van der Waals surface area contributed by atoms with Crippen molar-refractivity contribution < 1.29 is 9.84 Å². The lowest BCUT2D eigenvalue weighted by Crippen LogP contribution is -2.25. The Balaban J connectivity index is 2.08. The van der Waals surface area contributed by atoms with Crippen molar-refractivity contribution >= 4 is 11.8 Å². The van der Waals surface area contributed by atoms with Crippen LogP contribution in [0.3, 0.4) is 0 Å². The molecule has 0 bridgehead atoms. The summed E-state index contributed by atoms with van der Waals surface area (Å²) in [6.45, 7) is 4.37. The quantitative estimate of drug-likeness (QED) is 0.647. The number of nitrogens with zero attached hydrogens (tertiary/aromatic N) is 3. The number of unbranched alkanes of at least 4 members (excludes halogenated alkanes) is 1. The maximum atomic E-state index is 9.52. The van der Waals surface area contributed by atoms with Crippen molar-refractivity contribution in [3.63, 3.8) is 0 Å². The highest BCUT2D eigenvalue weighted by Crippen LogP contribution is 2.24. The number of anilines is 2. The average Bonchev–Trinajstić information content (AvgIpc) is 2.58. The normalized spacial score (nSPS) is 12.0. The molecule has 7 nitrogen and oxygen atoms in total. The van der Waals surface area contributed by atoms with Gasteiger partial charge >= 0.3 is 0 Å². The molecule has 0 aliphatic carbocycles. The van der Waals surface area contributed by atoms with Gasteiger partial charge in [0.2, 0.25) is 5.95 Å². The highest BCUT2D eigenvalue weighted by atomic mass is 16.5. The molecule has 0 saturated heterocycles. The molecule has 7 heteroatoms. The number of aliphatic hydroxyl groups excluding tert-OH is 1. The van der Waals surface area contributed by atoms with Gasteiger partial charge in [-0.05, 0) is 25.5 Å². The van der Waals surface area contributed by atoms with E-state index in [0.29, 0.717) is 18.2 Å². The molecule has 1 atom stereocenters. The maximum Gasteiger partial charge on any atom is 0.222 e. The monoisotopic (exact) mass is 331 g/mol. The zero-order valence-corrected chi connectivity index (χ0v) is 14.2. The highest BCUT2D eigenvalue weighted by Gasteiger charge is 2.13. The highest BCUT2D eigenvalue weighted by molar-refractivity contribution is 5.51. The fraction of sp³-hybridized carbons (Fsp3) is 0.471. The Morgan fingerprint density at radius 2 is 2.17 bits per heavy atom. The van der Waals surface area contributed by atoms with Gasteiger partial charge in [-0.3, -0.25) is 4.98 Å². The molecular weight excluding hydrogens is 306 g/mol. The number of pyridine rings is 1. The van der Waals surface area contributed by atoms with Gasteiger partial charge in [0, 0.05) is 5.69 Å². The number of rotatable bonds is 9. The molecule has 2 aromatic rings. The molecule has 0 aliphatic heterocycles. The van der Waals surface area contributed by atoms with Crippen molar-refractivity contribution in [3.05, 3.63) is 35.8 Å². The Bertz CT molecular complexity index is 651. The van der Waals surface area contributed by atoms with Crippen molar-refractivity contribution in [2.75, 3.05) is 17.7 Å². The molecule has 0 amide bonds. The fourth-order valence-corrected chi connectivity index (χ4v) is 2.28. The Kier molecular flexibility index (Phi) is 6.74. The number of nitrogens with one attached hydrogen (secondary N) is 1. The molecule has 0 aromatic carbocycles. The van der Waals surface area contributed by atoms with Gasteiger partial charge in [0.05, 0.1) is 24.5 Å². The summed E-state index contributed by atoms with van der Waals surface area (Å²) < 4.78 is 5.80. The number of aryl methyl sites for hydroxylation is 1. The van der Waals surface area contributed by atoms with Crippen molar-refractivity contribution in [1.29, 1.82) is 0 Å². The second-order valence-corrected chi connectivity index (χ2v) is 5.67. The summed E-state index contributed by atoms with van der Waals surface area (Å²) in [5, 5.41) is 12.7. The zero-order chi connectivity index (χ0) is 17.4. The van der Waals surface area contributed by atoms with Gasteiger partial charge in [0.1, 0.15) is 6.61 Å². The molecule has 0 saturated carbocycles. The average molecular weight is 331 g/mol. The van der Waals surface area contributed by atoms with Gasteiger partial charge in [-0.25, -0.2) is 4.98 Å². The van der Waals surface area contributed by atoms with E-state index in [9.17, 15) is 5.11 Å². The molecule has 2 heterocycles. The first-order valence-corrected chi connectivity index (χ1v) is 8.17. The van der Waals surface area contributed by atoms with Crippen LogP contribution in [0.4, 0.5) is 11.8 Å². The lowest BCUT2D eigenvalue weighted by Gasteiger charge is -2.19. The van der Waals surface area contributed by atoms with Crippen LogP contribution in [0.2, 0.25) is 0 Å². The van der Waals surface area contributed by atoms with E-state index in [-0.39, 0.29) is 18.6 Å². The number of aliphatic hydroxyl groups is 1. The summed E-state index contributed by atoms with van der Waals surface area (Å²) in [4.78, 5) is 12.6. The summed E-state index contributed by atoms with van der Waals surface area (Å²) in [5.74, 6) is 1.14. The van der Waals surface area contributed by atoms with Gasteiger partial charge in [-0.2, -0.15) is 4.98 Å². The van der Waals surface area contributed by atoms with Crippen LogP contribution in [0, 0.1) is 6.92 Å². The summed E-state index contributed by atoms with van der Waals surface area (Å²) >= 11 is 0. The predicted octanol–water partition coefficient (Wildman–Crippen LogP) is 2.30. The number of nitrogens with two attached hydrogens (primary N) is 1. The number of hydrogen-bond acceptors (Lipinski definition) is 7. The standard InChI is InChI=1S/C17H25N5O2/c1-3-4-7-13(10-23)21-16-15(9-19-17(18)22-16)24-11-14-8-5-6-12(2)20-14/h5-6,8-9,13,23H,3-4,7,10-11H2,1-2H3,(H3,18,19,21,22)/t13-/m0/s1. The van der Waals surface area contributed by atoms with E-state index in [0.717, 1.165) is 30.7 Å². The molecule has 4 N–H and O–H groups in total. The number of aromatic nitrogens is 3. The van der Waals surface area contributed by atoms with E-state index in [1.165, 1.54) is 6.20 Å². The van der Waals surface area contributed by atoms with Gasteiger partial charge in [-0.15, -0.1) is 0 Å². The fourth-order valence-electron chi connectivity index (χ4n) is 2.28. The van der Waals surface area contributed by atoms with E-state index < -0.39 is 0 Å². The lowest BCUT2D eigenvalue weighted by molar-refractivity contribution is 0.265. The summed E-state index contributed by atoms with van der Waals surface area (Å²) in [6, 6.07) is 5.67. The molecule has 24 heavy (non-hydrogen) atoms. The van der Waals surface area contributed by atoms with Crippen molar-refractivity contribution in [2.45, 2.75) is 45.8 Å². The van der Waals surface area contributed by atoms with Crippen molar-refractivity contribution in [3.8, 4) is 5.75 Å². The van der Waals surface area contributed by atoms with Crippen LogP contribution in [-0.4, -0.2) is 32.7 Å². The third kappa shape index (κ3) is 5.34. The van der Waals surface area contributed by atoms with Crippen LogP contribution in [0.25, 0.3) is 0 Å². The SMILES string of the molecule is CCCC[C@@H](CO)Nc1nc(N)ncc1OCc1cccc(C)n1. The smallest absolute Gasteiger partial charge is 0.222 e. The Morgan fingerprint density at radius 1 is 1.33 bits per heavy atom. The van der Waals surface area contributed by atoms with Crippen LogP contribution in [0.5, 0.6) is 5.75 Å². The molecular formula is C17H25N5O2. The molecule has 0 spiro atoms. The third-order valence-electron chi connectivity index (χ3n) is 3.56. The lowest BCUT2D eigenvalue weighted by atomic mass is 10.1. The first-order valence-electron chi connectivity index (χ1n) is 8.17. The molecule has 2 rings (SSSR count). The van der Waals surface area contributed by atoms with E-state index >= 15 is 0 Å². The van der Waals surface area contributed by atoms with E-state index in [4.69, 9.17) is 10.5 Å². The van der Waals surface area contributed by atoms with E-state index in [2.05, 4.69) is 27.2 Å². The van der Waals surface area contributed by atoms with Gasteiger partial charge < -0.3 is 20.9 Å². The summed E-state index contributed by atoms with van der Waals surface area (Å²) in [6.07, 6.45) is 4.46. The molecule has 2 aromatic heterocycles. The predicted molar refractivity (Wildman–Crippen MR) is 93.8 cm³/mol. The maximum absolute atomic E-state index is 9.52. The van der Waals surface area contributed by atoms with Gasteiger partial charge in [0.25, 0.3) is 0 Å². The Hall–Kier alpha value is -2.41. The molecule has 0 radical (unpaired) electrons. The third-order valence-corrected chi connectivity index (χ3v) is 3.56. The number of nitrogen functional groups attached to an aromatic ring is 1. The van der Waals surface area contributed by atoms with Crippen LogP contribution in [0.15, 0.2) is 24.4 Å². The Labute approximate surface area is 142 Å².